The molecular formula is C23H26ClF3N2O2. The molecule has 1 fully saturated rings. The molecule has 0 aromatic heterocycles. The second-order valence-electron chi connectivity index (χ2n) is 8.11. The molecule has 4 nitrogen and oxygen atoms in total. The Morgan fingerprint density at radius 1 is 1.06 bits per heavy atom. The normalized spacial score (nSPS) is 20.7. The van der Waals surface area contributed by atoms with Crippen molar-refractivity contribution in [3.05, 3.63) is 69.7 Å². The molecule has 3 rings (SSSR count). The highest BCUT2D eigenvalue weighted by Gasteiger charge is 2.37. The molecule has 0 amide bonds. The Balaban J connectivity index is 1.68. The summed E-state index contributed by atoms with van der Waals surface area (Å²) >= 11 is 5.88. The highest BCUT2D eigenvalue weighted by atomic mass is 35.5. The van der Waals surface area contributed by atoms with Crippen LogP contribution in [0, 0.1) is 0 Å². The van der Waals surface area contributed by atoms with Gasteiger partial charge in [0.25, 0.3) is 0 Å². The molecule has 0 saturated carbocycles. The molecule has 0 bridgehead atoms. The van der Waals surface area contributed by atoms with Gasteiger partial charge in [0.05, 0.1) is 10.6 Å². The monoisotopic (exact) mass is 454 g/mol. The second-order valence-corrected chi connectivity index (χ2v) is 8.52. The fourth-order valence-electron chi connectivity index (χ4n) is 4.27. The number of rotatable bonds is 6. The summed E-state index contributed by atoms with van der Waals surface area (Å²) in [7, 11) is 0. The van der Waals surface area contributed by atoms with Crippen molar-refractivity contribution in [1.82, 2.24) is 9.80 Å². The first kappa shape index (κ1) is 23.7. The summed E-state index contributed by atoms with van der Waals surface area (Å²) in [5.74, 6) is -0.318. The van der Waals surface area contributed by atoms with Crippen LogP contribution in [-0.4, -0.2) is 52.5 Å². The maximum atomic E-state index is 13.5. The molecule has 0 unspecified atom stereocenters. The number of benzene rings is 2. The molecule has 2 atom stereocenters. The lowest BCUT2D eigenvalue weighted by atomic mass is 10.0. The van der Waals surface area contributed by atoms with E-state index in [9.17, 15) is 18.0 Å². The molecule has 8 heteroatoms. The van der Waals surface area contributed by atoms with E-state index in [2.05, 4.69) is 9.80 Å². The van der Waals surface area contributed by atoms with Crippen LogP contribution in [0.15, 0.2) is 42.5 Å². The van der Waals surface area contributed by atoms with Gasteiger partial charge in [0.2, 0.25) is 0 Å². The molecule has 1 heterocycles. The minimum atomic E-state index is -4.49. The number of hydrogen-bond donors (Lipinski definition) is 1. The first-order valence-corrected chi connectivity index (χ1v) is 10.5. The van der Waals surface area contributed by atoms with E-state index in [0.717, 1.165) is 5.56 Å². The van der Waals surface area contributed by atoms with E-state index in [1.807, 2.05) is 26.0 Å². The summed E-state index contributed by atoms with van der Waals surface area (Å²) in [6.45, 7) is 5.81. The molecule has 0 spiro atoms. The summed E-state index contributed by atoms with van der Waals surface area (Å²) in [6.07, 6.45) is -4.49. The zero-order valence-electron chi connectivity index (χ0n) is 17.5. The Hall–Kier alpha value is -1.93. The number of aliphatic hydroxyl groups excluding tert-OH is 1. The molecule has 1 aliphatic rings. The number of alkyl halides is 3. The summed E-state index contributed by atoms with van der Waals surface area (Å²) < 4.78 is 40.6. The lowest BCUT2D eigenvalue weighted by Gasteiger charge is -2.45. The number of ketones is 1. The van der Waals surface area contributed by atoms with Crippen LogP contribution >= 0.6 is 11.6 Å². The van der Waals surface area contributed by atoms with Gasteiger partial charge in [-0.25, -0.2) is 0 Å². The van der Waals surface area contributed by atoms with Crippen molar-refractivity contribution >= 4 is 17.4 Å². The van der Waals surface area contributed by atoms with E-state index in [1.165, 1.54) is 12.1 Å². The Morgan fingerprint density at radius 2 is 1.68 bits per heavy atom. The van der Waals surface area contributed by atoms with Crippen molar-refractivity contribution in [2.45, 2.75) is 45.2 Å². The first-order chi connectivity index (χ1) is 14.6. The molecule has 2 aromatic carbocycles. The predicted octanol–water partition coefficient (Wildman–Crippen LogP) is 4.63. The van der Waals surface area contributed by atoms with E-state index < -0.39 is 18.3 Å². The number of halogens is 4. The minimum absolute atomic E-state index is 0.0547. The van der Waals surface area contributed by atoms with Gasteiger partial charge in [-0.3, -0.25) is 14.6 Å². The largest absolute Gasteiger partial charge is 0.418 e. The van der Waals surface area contributed by atoms with Gasteiger partial charge in [-0.2, -0.15) is 13.2 Å². The lowest BCUT2D eigenvalue weighted by molar-refractivity contribution is -0.138. The number of aliphatic hydroxyl groups is 1. The van der Waals surface area contributed by atoms with Gasteiger partial charge < -0.3 is 5.11 Å². The molecule has 31 heavy (non-hydrogen) atoms. The van der Waals surface area contributed by atoms with Crippen LogP contribution < -0.4 is 0 Å². The van der Waals surface area contributed by atoms with Crippen molar-refractivity contribution in [1.29, 1.82) is 0 Å². The number of hydrogen-bond acceptors (Lipinski definition) is 4. The summed E-state index contributed by atoms with van der Waals surface area (Å²) in [5.41, 5.74) is 0.948. The summed E-state index contributed by atoms with van der Waals surface area (Å²) in [5, 5.41) is 8.68. The zero-order valence-corrected chi connectivity index (χ0v) is 18.2. The predicted molar refractivity (Wildman–Crippen MR) is 114 cm³/mol. The van der Waals surface area contributed by atoms with E-state index in [4.69, 9.17) is 16.7 Å². The highest BCUT2D eigenvalue weighted by Crippen LogP contribution is 2.38. The standard InChI is InChI=1S/C23H26ClF3N2O2/c1-15-10-28(12-17-6-8-18(9-7-17)21(31)14-30)11-16(2)29(15)13-19-4-3-5-20(24)22(19)23(25,26)27/h3-9,15-16,30H,10-14H2,1-2H3/t15-,16+. The van der Waals surface area contributed by atoms with Crippen LogP contribution in [0.5, 0.6) is 0 Å². The Kier molecular flexibility index (Phi) is 7.42. The number of carbonyl (C=O) groups excluding carboxylic acids is 1. The van der Waals surface area contributed by atoms with Crippen molar-refractivity contribution in [2.75, 3.05) is 19.7 Å². The number of Topliss-reactive ketones (excluding diaryl/α,β-unsaturated/α-hetero) is 1. The van der Waals surface area contributed by atoms with Gasteiger partial charge in [0.1, 0.15) is 6.61 Å². The molecule has 1 N–H and O–H groups in total. The van der Waals surface area contributed by atoms with Gasteiger partial charge >= 0.3 is 6.18 Å². The fraction of sp³-hybridized carbons (Fsp3) is 0.435. The van der Waals surface area contributed by atoms with E-state index in [1.54, 1.807) is 18.2 Å². The van der Waals surface area contributed by atoms with Crippen LogP contribution in [0.4, 0.5) is 13.2 Å². The SMILES string of the molecule is C[C@@H]1CN(Cc2ccc(C(=O)CO)cc2)C[C@H](C)N1Cc1cccc(Cl)c1C(F)(F)F. The second kappa shape index (κ2) is 9.69. The van der Waals surface area contributed by atoms with Crippen LogP contribution in [0.3, 0.4) is 0 Å². The Bertz CT molecular complexity index is 906. The fourth-order valence-corrected chi connectivity index (χ4v) is 4.57. The van der Waals surface area contributed by atoms with Crippen LogP contribution in [0.25, 0.3) is 0 Å². The third-order valence-electron chi connectivity index (χ3n) is 5.74. The smallest absolute Gasteiger partial charge is 0.388 e. The number of carbonyl (C=O) groups is 1. The Labute approximate surface area is 185 Å². The van der Waals surface area contributed by atoms with Gasteiger partial charge in [0.15, 0.2) is 5.78 Å². The zero-order chi connectivity index (χ0) is 22.8. The van der Waals surface area contributed by atoms with Crippen LogP contribution in [0.2, 0.25) is 5.02 Å². The molecule has 1 saturated heterocycles. The minimum Gasteiger partial charge on any atom is -0.388 e. The third-order valence-corrected chi connectivity index (χ3v) is 6.05. The quantitative estimate of drug-likeness (QED) is 0.646. The Morgan fingerprint density at radius 3 is 2.23 bits per heavy atom. The van der Waals surface area contributed by atoms with E-state index in [-0.39, 0.29) is 35.0 Å². The van der Waals surface area contributed by atoms with Crippen LogP contribution in [0.1, 0.15) is 40.9 Å². The van der Waals surface area contributed by atoms with Crippen LogP contribution in [-0.2, 0) is 19.3 Å². The van der Waals surface area contributed by atoms with Gasteiger partial charge in [-0.15, -0.1) is 0 Å². The number of nitrogens with zero attached hydrogens (tertiary/aromatic N) is 2. The molecule has 1 aliphatic heterocycles. The van der Waals surface area contributed by atoms with Crippen molar-refractivity contribution in [3.8, 4) is 0 Å². The molecule has 2 aromatic rings. The summed E-state index contributed by atoms with van der Waals surface area (Å²) in [4.78, 5) is 15.9. The molecule has 0 aliphatic carbocycles. The van der Waals surface area contributed by atoms with Crippen molar-refractivity contribution < 1.29 is 23.1 Å². The van der Waals surface area contributed by atoms with Gasteiger partial charge in [0, 0.05) is 43.8 Å². The van der Waals surface area contributed by atoms with Crippen molar-refractivity contribution in [3.63, 3.8) is 0 Å². The lowest BCUT2D eigenvalue weighted by Crippen LogP contribution is -2.55. The maximum Gasteiger partial charge on any atom is 0.418 e. The number of piperazine rings is 1. The van der Waals surface area contributed by atoms with Gasteiger partial charge in [-0.05, 0) is 31.0 Å². The molecule has 0 radical (unpaired) electrons. The van der Waals surface area contributed by atoms with Gasteiger partial charge in [-0.1, -0.05) is 48.0 Å². The van der Waals surface area contributed by atoms with Crippen molar-refractivity contribution in [2.24, 2.45) is 0 Å². The average molecular weight is 455 g/mol. The van der Waals surface area contributed by atoms with E-state index >= 15 is 0 Å². The topological polar surface area (TPSA) is 43.8 Å². The summed E-state index contributed by atoms with van der Waals surface area (Å²) in [6, 6.07) is 11.6. The molecular weight excluding hydrogens is 429 g/mol. The third kappa shape index (κ3) is 5.66. The van der Waals surface area contributed by atoms with E-state index in [0.29, 0.717) is 25.2 Å². The average Bonchev–Trinajstić information content (AvgIpc) is 2.70. The maximum absolute atomic E-state index is 13.5. The molecule has 168 valence electrons. The highest BCUT2D eigenvalue weighted by molar-refractivity contribution is 6.31. The first-order valence-electron chi connectivity index (χ1n) is 10.2.